The van der Waals surface area contributed by atoms with E-state index in [0.717, 1.165) is 11.3 Å². The zero-order valence-electron chi connectivity index (χ0n) is 14.9. The van der Waals surface area contributed by atoms with Gasteiger partial charge in [0.2, 0.25) is 5.91 Å². The fraction of sp³-hybridized carbons (Fsp3) is 0.300. The standard InChI is InChI=1S/C20H25N3O2/c1-20(2,3)19(25)23-17-7-5-4-6-16(17)18(24)22-13-12-14-8-10-15(21)11-9-14/h4-11H,12-13,21H2,1-3H3,(H,22,24)(H,23,25). The van der Waals surface area contributed by atoms with E-state index in [1.54, 1.807) is 24.3 Å². The van der Waals surface area contributed by atoms with Gasteiger partial charge in [-0.3, -0.25) is 9.59 Å². The molecule has 0 unspecified atom stereocenters. The summed E-state index contributed by atoms with van der Waals surface area (Å²) in [6.45, 7) is 6.00. The van der Waals surface area contributed by atoms with Gasteiger partial charge in [0.25, 0.3) is 5.91 Å². The van der Waals surface area contributed by atoms with Crippen LogP contribution in [0.3, 0.4) is 0 Å². The van der Waals surface area contributed by atoms with Crippen molar-refractivity contribution in [1.82, 2.24) is 5.32 Å². The molecule has 0 saturated heterocycles. The smallest absolute Gasteiger partial charge is 0.253 e. The van der Waals surface area contributed by atoms with E-state index in [-0.39, 0.29) is 11.8 Å². The van der Waals surface area contributed by atoms with Crippen molar-refractivity contribution in [3.05, 3.63) is 59.7 Å². The van der Waals surface area contributed by atoms with Crippen molar-refractivity contribution in [2.75, 3.05) is 17.6 Å². The maximum atomic E-state index is 12.5. The zero-order chi connectivity index (χ0) is 18.4. The molecule has 0 aromatic heterocycles. The van der Waals surface area contributed by atoms with Crippen molar-refractivity contribution >= 4 is 23.2 Å². The molecule has 0 bridgehead atoms. The predicted octanol–water partition coefficient (Wildman–Crippen LogP) is 3.23. The van der Waals surface area contributed by atoms with Crippen LogP contribution in [0.5, 0.6) is 0 Å². The molecule has 0 aliphatic carbocycles. The Hall–Kier alpha value is -2.82. The number of nitrogens with one attached hydrogen (secondary N) is 2. The van der Waals surface area contributed by atoms with Crippen LogP contribution in [0.4, 0.5) is 11.4 Å². The number of carbonyl (C=O) groups excluding carboxylic acids is 2. The van der Waals surface area contributed by atoms with Crippen LogP contribution in [-0.4, -0.2) is 18.4 Å². The Bertz CT molecular complexity index is 746. The summed E-state index contributed by atoms with van der Waals surface area (Å²) < 4.78 is 0. The summed E-state index contributed by atoms with van der Waals surface area (Å²) in [5, 5.41) is 5.73. The monoisotopic (exact) mass is 339 g/mol. The summed E-state index contributed by atoms with van der Waals surface area (Å²) in [4.78, 5) is 24.6. The Morgan fingerprint density at radius 1 is 1.00 bits per heavy atom. The quantitative estimate of drug-likeness (QED) is 0.731. The highest BCUT2D eigenvalue weighted by atomic mass is 16.2. The summed E-state index contributed by atoms with van der Waals surface area (Å²) in [5.41, 5.74) is 7.93. The van der Waals surface area contributed by atoms with Crippen LogP contribution in [0.1, 0.15) is 36.7 Å². The molecule has 0 heterocycles. The van der Waals surface area contributed by atoms with Crippen molar-refractivity contribution < 1.29 is 9.59 Å². The van der Waals surface area contributed by atoms with Gasteiger partial charge in [-0.05, 0) is 36.2 Å². The molecular formula is C20H25N3O2. The van der Waals surface area contributed by atoms with E-state index < -0.39 is 5.41 Å². The third-order valence-corrected chi connectivity index (χ3v) is 3.78. The number of benzene rings is 2. The molecule has 0 fully saturated rings. The average molecular weight is 339 g/mol. The van der Waals surface area contributed by atoms with Crippen molar-refractivity contribution in [1.29, 1.82) is 0 Å². The van der Waals surface area contributed by atoms with Crippen LogP contribution >= 0.6 is 0 Å². The molecule has 0 radical (unpaired) electrons. The molecule has 5 heteroatoms. The molecule has 0 aliphatic rings. The highest BCUT2D eigenvalue weighted by molar-refractivity contribution is 6.04. The van der Waals surface area contributed by atoms with Crippen LogP contribution in [-0.2, 0) is 11.2 Å². The first kappa shape index (κ1) is 18.5. The van der Waals surface area contributed by atoms with Crippen LogP contribution < -0.4 is 16.4 Å². The number of carbonyl (C=O) groups is 2. The normalized spacial score (nSPS) is 11.0. The van der Waals surface area contributed by atoms with Gasteiger partial charge < -0.3 is 16.4 Å². The van der Waals surface area contributed by atoms with Crippen LogP contribution in [0.25, 0.3) is 0 Å². The highest BCUT2D eigenvalue weighted by Gasteiger charge is 2.22. The van der Waals surface area contributed by atoms with Crippen molar-refractivity contribution in [3.63, 3.8) is 0 Å². The second-order valence-corrected chi connectivity index (χ2v) is 7.00. The number of amides is 2. The lowest BCUT2D eigenvalue weighted by atomic mass is 9.95. The maximum absolute atomic E-state index is 12.5. The molecule has 0 aliphatic heterocycles. The number of rotatable bonds is 5. The fourth-order valence-electron chi connectivity index (χ4n) is 2.20. The Morgan fingerprint density at radius 2 is 1.64 bits per heavy atom. The summed E-state index contributed by atoms with van der Waals surface area (Å²) in [7, 11) is 0. The first-order chi connectivity index (χ1) is 11.8. The minimum atomic E-state index is -0.529. The minimum Gasteiger partial charge on any atom is -0.399 e. The molecule has 0 spiro atoms. The first-order valence-corrected chi connectivity index (χ1v) is 8.30. The van der Waals surface area contributed by atoms with Crippen molar-refractivity contribution in [2.45, 2.75) is 27.2 Å². The van der Waals surface area contributed by atoms with Gasteiger partial charge in [-0.2, -0.15) is 0 Å². The molecule has 2 rings (SSSR count). The number of nitrogen functional groups attached to an aromatic ring is 1. The Kier molecular flexibility index (Phi) is 5.80. The van der Waals surface area contributed by atoms with Crippen molar-refractivity contribution in [2.24, 2.45) is 5.41 Å². The molecule has 2 amide bonds. The van der Waals surface area contributed by atoms with E-state index in [4.69, 9.17) is 5.73 Å². The average Bonchev–Trinajstić information content (AvgIpc) is 2.56. The zero-order valence-corrected chi connectivity index (χ0v) is 14.9. The summed E-state index contributed by atoms with van der Waals surface area (Å²) >= 11 is 0. The largest absolute Gasteiger partial charge is 0.399 e. The minimum absolute atomic E-state index is 0.130. The molecule has 0 atom stereocenters. The second kappa shape index (κ2) is 7.83. The molecule has 25 heavy (non-hydrogen) atoms. The SMILES string of the molecule is CC(C)(C)C(=O)Nc1ccccc1C(=O)NCCc1ccc(N)cc1. The van der Waals surface area contributed by atoms with E-state index in [9.17, 15) is 9.59 Å². The molecular weight excluding hydrogens is 314 g/mol. The maximum Gasteiger partial charge on any atom is 0.253 e. The molecule has 5 nitrogen and oxygen atoms in total. The summed E-state index contributed by atoms with van der Waals surface area (Å²) in [6, 6.07) is 14.6. The van der Waals surface area contributed by atoms with E-state index in [0.29, 0.717) is 24.2 Å². The van der Waals surface area contributed by atoms with Gasteiger partial charge in [-0.25, -0.2) is 0 Å². The molecule has 0 saturated carbocycles. The second-order valence-electron chi connectivity index (χ2n) is 7.00. The molecule has 2 aromatic rings. The first-order valence-electron chi connectivity index (χ1n) is 8.30. The highest BCUT2D eigenvalue weighted by Crippen LogP contribution is 2.20. The third kappa shape index (κ3) is 5.35. The third-order valence-electron chi connectivity index (χ3n) is 3.78. The van der Waals surface area contributed by atoms with Gasteiger partial charge in [0, 0.05) is 17.6 Å². The Balaban J connectivity index is 1.99. The molecule has 2 aromatic carbocycles. The number of hydrogen-bond donors (Lipinski definition) is 3. The van der Waals surface area contributed by atoms with Gasteiger partial charge >= 0.3 is 0 Å². The van der Waals surface area contributed by atoms with Gasteiger partial charge in [-0.15, -0.1) is 0 Å². The molecule has 132 valence electrons. The van der Waals surface area contributed by atoms with E-state index in [1.807, 2.05) is 45.0 Å². The lowest BCUT2D eigenvalue weighted by Gasteiger charge is -2.19. The number of anilines is 2. The lowest BCUT2D eigenvalue weighted by Crippen LogP contribution is -2.30. The van der Waals surface area contributed by atoms with E-state index in [2.05, 4.69) is 10.6 Å². The van der Waals surface area contributed by atoms with Crippen LogP contribution in [0.2, 0.25) is 0 Å². The lowest BCUT2D eigenvalue weighted by molar-refractivity contribution is -0.123. The van der Waals surface area contributed by atoms with Gasteiger partial charge in [0.1, 0.15) is 0 Å². The number of nitrogens with two attached hydrogens (primary N) is 1. The van der Waals surface area contributed by atoms with Crippen molar-refractivity contribution in [3.8, 4) is 0 Å². The van der Waals surface area contributed by atoms with Gasteiger partial charge in [0.05, 0.1) is 11.3 Å². The molecule has 4 N–H and O–H groups in total. The number of para-hydroxylation sites is 1. The number of hydrogen-bond acceptors (Lipinski definition) is 3. The topological polar surface area (TPSA) is 84.2 Å². The summed E-state index contributed by atoms with van der Waals surface area (Å²) in [5.74, 6) is -0.338. The predicted molar refractivity (Wildman–Crippen MR) is 101 cm³/mol. The van der Waals surface area contributed by atoms with Gasteiger partial charge in [-0.1, -0.05) is 45.0 Å². The Labute approximate surface area is 148 Å². The van der Waals surface area contributed by atoms with E-state index >= 15 is 0 Å². The van der Waals surface area contributed by atoms with Gasteiger partial charge in [0.15, 0.2) is 0 Å². The Morgan fingerprint density at radius 3 is 2.28 bits per heavy atom. The van der Waals surface area contributed by atoms with Crippen LogP contribution in [0.15, 0.2) is 48.5 Å². The van der Waals surface area contributed by atoms with E-state index in [1.165, 1.54) is 0 Å². The fourth-order valence-corrected chi connectivity index (χ4v) is 2.20. The summed E-state index contributed by atoms with van der Waals surface area (Å²) in [6.07, 6.45) is 0.711. The van der Waals surface area contributed by atoms with Crippen LogP contribution in [0, 0.1) is 5.41 Å².